The van der Waals surface area contributed by atoms with E-state index in [0.717, 1.165) is 29.1 Å². The summed E-state index contributed by atoms with van der Waals surface area (Å²) in [5.74, 6) is 0.596. The Morgan fingerprint density at radius 2 is 1.88 bits per heavy atom. The molecule has 0 saturated heterocycles. The molecule has 0 aliphatic heterocycles. The highest BCUT2D eigenvalue weighted by molar-refractivity contribution is 6.04. The Bertz CT molecular complexity index is 1210. The van der Waals surface area contributed by atoms with Crippen molar-refractivity contribution in [3.8, 4) is 5.75 Å². The van der Waals surface area contributed by atoms with Gasteiger partial charge in [0.1, 0.15) is 5.75 Å². The van der Waals surface area contributed by atoms with Crippen molar-refractivity contribution in [1.82, 2.24) is 19.6 Å². The predicted octanol–water partition coefficient (Wildman–Crippen LogP) is 4.60. The summed E-state index contributed by atoms with van der Waals surface area (Å²) in [7, 11) is 0. The van der Waals surface area contributed by atoms with Crippen molar-refractivity contribution in [3.63, 3.8) is 0 Å². The molecule has 0 aliphatic rings. The van der Waals surface area contributed by atoms with Gasteiger partial charge in [0.05, 0.1) is 30.3 Å². The van der Waals surface area contributed by atoms with Crippen LogP contribution in [0, 0.1) is 13.8 Å². The number of benzene rings is 2. The largest absolute Gasteiger partial charge is 0.471 e. The minimum absolute atomic E-state index is 0.184. The zero-order valence-electron chi connectivity index (χ0n) is 18.6. The number of anilines is 1. The number of nitrogens with one attached hydrogen (secondary N) is 1. The molecule has 2 heterocycles. The van der Waals surface area contributed by atoms with Crippen LogP contribution in [0.25, 0.3) is 0 Å². The third-order valence-electron chi connectivity index (χ3n) is 5.21. The average molecular weight is 430 g/mol. The van der Waals surface area contributed by atoms with Crippen LogP contribution >= 0.6 is 0 Å². The number of carbonyl (C=O) groups is 1. The fourth-order valence-corrected chi connectivity index (χ4v) is 3.48. The first-order valence-corrected chi connectivity index (χ1v) is 10.7. The van der Waals surface area contributed by atoms with Crippen molar-refractivity contribution in [1.29, 1.82) is 0 Å². The second-order valence-corrected chi connectivity index (χ2v) is 7.78. The number of carbonyl (C=O) groups excluding carboxylic acids is 1. The van der Waals surface area contributed by atoms with E-state index in [1.54, 1.807) is 23.1 Å². The molecule has 4 aromatic rings. The van der Waals surface area contributed by atoms with Gasteiger partial charge in [0, 0.05) is 11.3 Å². The maximum absolute atomic E-state index is 12.7. The van der Waals surface area contributed by atoms with Gasteiger partial charge < -0.3 is 10.1 Å². The third kappa shape index (κ3) is 5.24. The molecule has 0 unspecified atom stereocenters. The molecule has 0 saturated carbocycles. The first kappa shape index (κ1) is 21.4. The third-order valence-corrected chi connectivity index (χ3v) is 5.21. The summed E-state index contributed by atoms with van der Waals surface area (Å²) >= 11 is 0. The average Bonchev–Trinajstić information content (AvgIpc) is 3.37. The maximum atomic E-state index is 12.7. The molecule has 0 aliphatic carbocycles. The van der Waals surface area contributed by atoms with Crippen LogP contribution in [-0.4, -0.2) is 25.5 Å². The Kier molecular flexibility index (Phi) is 6.35. The first-order chi connectivity index (χ1) is 15.5. The lowest BCUT2D eigenvalue weighted by atomic mass is 10.1. The van der Waals surface area contributed by atoms with Crippen molar-refractivity contribution in [3.05, 3.63) is 95.1 Å². The van der Waals surface area contributed by atoms with Gasteiger partial charge in [-0.05, 0) is 61.7 Å². The standard InChI is InChI=1S/C25H27N5O2/c1-4-20-8-10-24(11-9-20)32-17-29-16-23(14-26-29)27-25(31)22-7-5-6-21(13-22)15-30-19(3)12-18(2)28-30/h5-14,16H,4,15,17H2,1-3H3,(H,27,31). The van der Waals surface area contributed by atoms with Crippen molar-refractivity contribution in [2.45, 2.75) is 40.5 Å². The van der Waals surface area contributed by atoms with Crippen molar-refractivity contribution < 1.29 is 9.53 Å². The molecule has 7 nitrogen and oxygen atoms in total. The Morgan fingerprint density at radius 3 is 2.59 bits per heavy atom. The van der Waals surface area contributed by atoms with E-state index in [0.29, 0.717) is 17.8 Å². The van der Waals surface area contributed by atoms with E-state index in [9.17, 15) is 4.79 Å². The Labute approximate surface area is 187 Å². The SMILES string of the molecule is CCc1ccc(OCn2cc(NC(=O)c3cccc(Cn4nc(C)cc4C)c3)cn2)cc1. The van der Waals surface area contributed by atoms with E-state index < -0.39 is 0 Å². The number of ether oxygens (including phenoxy) is 1. The molecule has 1 N–H and O–H groups in total. The molecule has 0 atom stereocenters. The molecule has 7 heteroatoms. The van der Waals surface area contributed by atoms with Gasteiger partial charge in [-0.25, -0.2) is 4.68 Å². The zero-order valence-corrected chi connectivity index (χ0v) is 18.6. The second kappa shape index (κ2) is 9.51. The number of rotatable bonds is 8. The van der Waals surface area contributed by atoms with E-state index in [1.165, 1.54) is 5.56 Å². The maximum Gasteiger partial charge on any atom is 0.255 e. The van der Waals surface area contributed by atoms with Crippen LogP contribution in [-0.2, 0) is 19.7 Å². The Morgan fingerprint density at radius 1 is 1.06 bits per heavy atom. The van der Waals surface area contributed by atoms with E-state index in [2.05, 4.69) is 22.4 Å². The summed E-state index contributed by atoms with van der Waals surface area (Å²) in [6, 6.07) is 17.6. The quantitative estimate of drug-likeness (QED) is 0.444. The molecule has 2 aromatic heterocycles. The number of aryl methyl sites for hydroxylation is 3. The highest BCUT2D eigenvalue weighted by atomic mass is 16.5. The van der Waals surface area contributed by atoms with Crippen LogP contribution in [0.15, 0.2) is 67.0 Å². The number of hydrogen-bond acceptors (Lipinski definition) is 4. The lowest BCUT2D eigenvalue weighted by Crippen LogP contribution is -2.12. The van der Waals surface area contributed by atoms with Gasteiger partial charge in [0.15, 0.2) is 6.73 Å². The van der Waals surface area contributed by atoms with Crippen LogP contribution < -0.4 is 10.1 Å². The molecular weight excluding hydrogens is 402 g/mol. The Balaban J connectivity index is 1.35. The number of hydrogen-bond donors (Lipinski definition) is 1. The monoisotopic (exact) mass is 429 g/mol. The summed E-state index contributed by atoms with van der Waals surface area (Å²) in [6.07, 6.45) is 4.35. The van der Waals surface area contributed by atoms with Gasteiger partial charge >= 0.3 is 0 Å². The number of aromatic nitrogens is 4. The van der Waals surface area contributed by atoms with Gasteiger partial charge in [-0.15, -0.1) is 0 Å². The van der Waals surface area contributed by atoms with E-state index in [1.807, 2.05) is 67.1 Å². The molecule has 0 spiro atoms. The molecule has 0 radical (unpaired) electrons. The van der Waals surface area contributed by atoms with Crippen LogP contribution in [0.1, 0.15) is 39.8 Å². The van der Waals surface area contributed by atoms with Gasteiger partial charge in [-0.3, -0.25) is 9.48 Å². The van der Waals surface area contributed by atoms with Crippen LogP contribution in [0.4, 0.5) is 5.69 Å². The molecule has 2 aromatic carbocycles. The Hall–Kier alpha value is -3.87. The van der Waals surface area contributed by atoms with Crippen LogP contribution in [0.3, 0.4) is 0 Å². The summed E-state index contributed by atoms with van der Waals surface area (Å²) in [4.78, 5) is 12.7. The van der Waals surface area contributed by atoms with Gasteiger partial charge in [-0.2, -0.15) is 10.2 Å². The topological polar surface area (TPSA) is 74.0 Å². The van der Waals surface area contributed by atoms with Gasteiger partial charge in [0.25, 0.3) is 5.91 Å². The normalized spacial score (nSPS) is 10.8. The molecule has 0 fully saturated rings. The van der Waals surface area contributed by atoms with E-state index in [-0.39, 0.29) is 12.6 Å². The van der Waals surface area contributed by atoms with Crippen molar-refractivity contribution in [2.75, 3.05) is 5.32 Å². The van der Waals surface area contributed by atoms with Gasteiger partial charge in [-0.1, -0.05) is 31.2 Å². The van der Waals surface area contributed by atoms with E-state index >= 15 is 0 Å². The van der Waals surface area contributed by atoms with Crippen molar-refractivity contribution in [2.24, 2.45) is 0 Å². The highest BCUT2D eigenvalue weighted by Gasteiger charge is 2.10. The fourth-order valence-electron chi connectivity index (χ4n) is 3.48. The highest BCUT2D eigenvalue weighted by Crippen LogP contribution is 2.15. The molecule has 0 bridgehead atoms. The minimum Gasteiger partial charge on any atom is -0.471 e. The fraction of sp³-hybridized carbons (Fsp3) is 0.240. The number of amides is 1. The molecule has 1 amide bonds. The number of nitrogens with zero attached hydrogens (tertiary/aromatic N) is 4. The zero-order chi connectivity index (χ0) is 22.5. The van der Waals surface area contributed by atoms with Crippen LogP contribution in [0.5, 0.6) is 5.75 Å². The first-order valence-electron chi connectivity index (χ1n) is 10.7. The lowest BCUT2D eigenvalue weighted by molar-refractivity contribution is 0.102. The molecule has 164 valence electrons. The summed E-state index contributed by atoms with van der Waals surface area (Å²) in [5, 5.41) is 11.7. The molecule has 4 rings (SSSR count). The second-order valence-electron chi connectivity index (χ2n) is 7.78. The summed E-state index contributed by atoms with van der Waals surface area (Å²) < 4.78 is 9.34. The molecule has 32 heavy (non-hydrogen) atoms. The van der Waals surface area contributed by atoms with Crippen molar-refractivity contribution >= 4 is 11.6 Å². The molecular formula is C25H27N5O2. The van der Waals surface area contributed by atoms with Crippen LogP contribution in [0.2, 0.25) is 0 Å². The smallest absolute Gasteiger partial charge is 0.255 e. The van der Waals surface area contributed by atoms with Gasteiger partial charge in [0.2, 0.25) is 0 Å². The summed E-state index contributed by atoms with van der Waals surface area (Å²) in [6.45, 7) is 7.00. The minimum atomic E-state index is -0.184. The van der Waals surface area contributed by atoms with E-state index in [4.69, 9.17) is 4.74 Å². The predicted molar refractivity (Wildman–Crippen MR) is 124 cm³/mol. The summed E-state index contributed by atoms with van der Waals surface area (Å²) in [5.41, 5.74) is 5.55. The lowest BCUT2D eigenvalue weighted by Gasteiger charge is -2.08.